The van der Waals surface area contributed by atoms with E-state index in [2.05, 4.69) is 181 Å². The molecule has 79 heavy (non-hydrogen) atoms. The first-order valence-electron chi connectivity index (χ1n) is 26.7. The Morgan fingerprint density at radius 3 is 1.56 bits per heavy atom. The van der Waals surface area contributed by atoms with Crippen molar-refractivity contribution >= 4 is 99.5 Å². The molecular formula is C74H47FN2O2. The van der Waals surface area contributed by atoms with Gasteiger partial charge in [-0.15, -0.1) is 0 Å². The Hall–Kier alpha value is -10.5. The standard InChI is InChI=1S/C74H47FN2O2/c75-66-46-53(48-20-5-1-6-21-48)45-64(51-24-9-3-10-25-51)72(66)76(54-26-11-4-12-27-54)56-41-43-63-70(47-56)79-74-62-42-38-52(44-65(62)58-29-13-14-31-60(58)71(63)74)49-36-39-55(40-37-49)77(67-33-17-15-28-57(67)50-22-7-2-8-23-50)68-34-19-32-61-59-30-16-18-35-69(59)78-73(61)68/h1-47H. The maximum Gasteiger partial charge on any atom is 0.159 e. The van der Waals surface area contributed by atoms with Crippen LogP contribution in [-0.2, 0) is 0 Å². The molecule has 0 amide bonds. The first-order valence-corrected chi connectivity index (χ1v) is 26.7. The quantitative estimate of drug-likeness (QED) is 0.128. The second kappa shape index (κ2) is 19.0. The molecule has 0 aliphatic carbocycles. The molecule has 0 spiro atoms. The lowest BCUT2D eigenvalue weighted by Crippen LogP contribution is -2.13. The molecular weight excluding hydrogens is 968 g/mol. The van der Waals surface area contributed by atoms with Gasteiger partial charge in [-0.3, -0.25) is 0 Å². The Morgan fingerprint density at radius 2 is 0.797 bits per heavy atom. The highest BCUT2D eigenvalue weighted by molar-refractivity contribution is 6.30. The maximum atomic E-state index is 17.4. The number of anilines is 6. The van der Waals surface area contributed by atoms with Gasteiger partial charge >= 0.3 is 0 Å². The molecule has 0 N–H and O–H groups in total. The lowest BCUT2D eigenvalue weighted by atomic mass is 9.94. The molecule has 0 bridgehead atoms. The van der Waals surface area contributed by atoms with Gasteiger partial charge in [0.2, 0.25) is 0 Å². The van der Waals surface area contributed by atoms with Crippen molar-refractivity contribution in [2.24, 2.45) is 0 Å². The number of nitrogens with zero attached hydrogens (tertiary/aromatic N) is 2. The van der Waals surface area contributed by atoms with Gasteiger partial charge in [-0.2, -0.15) is 0 Å². The van der Waals surface area contributed by atoms with Crippen molar-refractivity contribution < 1.29 is 13.2 Å². The van der Waals surface area contributed by atoms with Gasteiger partial charge in [-0.25, -0.2) is 4.39 Å². The molecule has 372 valence electrons. The Morgan fingerprint density at radius 1 is 0.266 bits per heavy atom. The lowest BCUT2D eigenvalue weighted by Gasteiger charge is -2.28. The number of hydrogen-bond acceptors (Lipinski definition) is 4. The fourth-order valence-corrected chi connectivity index (χ4v) is 11.9. The maximum absolute atomic E-state index is 17.4. The zero-order valence-electron chi connectivity index (χ0n) is 42.7. The molecule has 4 nitrogen and oxygen atoms in total. The minimum absolute atomic E-state index is 0.331. The van der Waals surface area contributed by atoms with Crippen molar-refractivity contribution in [3.63, 3.8) is 0 Å². The lowest BCUT2D eigenvalue weighted by molar-refractivity contribution is 0.629. The van der Waals surface area contributed by atoms with Gasteiger partial charge in [0.15, 0.2) is 5.58 Å². The van der Waals surface area contributed by atoms with E-state index in [1.165, 1.54) is 0 Å². The van der Waals surface area contributed by atoms with E-state index in [1.807, 2.05) is 108 Å². The topological polar surface area (TPSA) is 32.8 Å². The van der Waals surface area contributed by atoms with Gasteiger partial charge in [0.1, 0.15) is 22.6 Å². The summed E-state index contributed by atoms with van der Waals surface area (Å²) >= 11 is 0. The third kappa shape index (κ3) is 7.82. The van der Waals surface area contributed by atoms with Gasteiger partial charge < -0.3 is 18.6 Å². The summed E-state index contributed by atoms with van der Waals surface area (Å²) in [5.74, 6) is -0.331. The third-order valence-electron chi connectivity index (χ3n) is 15.5. The van der Waals surface area contributed by atoms with E-state index in [9.17, 15) is 0 Å². The number of halogens is 1. The summed E-state index contributed by atoms with van der Waals surface area (Å²) in [7, 11) is 0. The SMILES string of the molecule is Fc1cc(-c2ccccc2)cc(-c2ccccc2)c1N(c1ccccc1)c1ccc2c(c1)oc1c3ccc(-c4ccc(N(c5ccccc5-c5ccccc5)c5cccc6c5oc5ccccc56)cc4)cc3c3ccccc3c21. The van der Waals surface area contributed by atoms with E-state index in [0.29, 0.717) is 11.3 Å². The van der Waals surface area contributed by atoms with Crippen molar-refractivity contribution in [1.29, 1.82) is 0 Å². The van der Waals surface area contributed by atoms with E-state index in [4.69, 9.17) is 8.83 Å². The Balaban J connectivity index is 0.860. The van der Waals surface area contributed by atoms with Crippen LogP contribution in [0.4, 0.5) is 38.5 Å². The smallest absolute Gasteiger partial charge is 0.159 e. The number of hydrogen-bond donors (Lipinski definition) is 0. The molecule has 0 atom stereocenters. The predicted molar refractivity (Wildman–Crippen MR) is 327 cm³/mol. The highest BCUT2D eigenvalue weighted by Crippen LogP contribution is 2.49. The first-order chi connectivity index (χ1) is 39.1. The second-order valence-corrected chi connectivity index (χ2v) is 20.1. The Labute approximate surface area is 455 Å². The van der Waals surface area contributed by atoms with Crippen LogP contribution in [0.1, 0.15) is 0 Å². The van der Waals surface area contributed by atoms with Crippen molar-refractivity contribution in [1.82, 2.24) is 0 Å². The van der Waals surface area contributed by atoms with Gasteiger partial charge in [-0.05, 0) is 128 Å². The molecule has 0 aliphatic rings. The van der Waals surface area contributed by atoms with Crippen LogP contribution in [0.25, 0.3) is 110 Å². The number of benzene rings is 13. The van der Waals surface area contributed by atoms with Gasteiger partial charge in [-0.1, -0.05) is 200 Å². The summed E-state index contributed by atoms with van der Waals surface area (Å²) < 4.78 is 31.2. The highest BCUT2D eigenvalue weighted by atomic mass is 19.1. The van der Waals surface area contributed by atoms with Crippen molar-refractivity contribution in [3.05, 3.63) is 291 Å². The van der Waals surface area contributed by atoms with Crippen LogP contribution in [0.5, 0.6) is 0 Å². The molecule has 15 rings (SSSR count). The molecule has 13 aromatic carbocycles. The highest BCUT2D eigenvalue weighted by Gasteiger charge is 2.26. The molecule has 2 aromatic heterocycles. The minimum Gasteiger partial charge on any atom is -0.455 e. The second-order valence-electron chi connectivity index (χ2n) is 20.1. The Kier molecular flexibility index (Phi) is 11.0. The van der Waals surface area contributed by atoms with E-state index in [0.717, 1.165) is 133 Å². The molecule has 2 heterocycles. The van der Waals surface area contributed by atoms with E-state index in [1.54, 1.807) is 6.07 Å². The van der Waals surface area contributed by atoms with Crippen LogP contribution in [0.3, 0.4) is 0 Å². The predicted octanol–water partition coefficient (Wildman–Crippen LogP) is 21.5. The molecule has 0 radical (unpaired) electrons. The number of fused-ring (bicyclic) bond motifs is 11. The van der Waals surface area contributed by atoms with E-state index >= 15 is 4.39 Å². The largest absolute Gasteiger partial charge is 0.455 e. The number of rotatable bonds is 10. The zero-order valence-corrected chi connectivity index (χ0v) is 42.7. The van der Waals surface area contributed by atoms with Crippen LogP contribution in [0.2, 0.25) is 0 Å². The molecule has 0 saturated carbocycles. The van der Waals surface area contributed by atoms with Crippen LogP contribution in [0, 0.1) is 5.82 Å². The summed E-state index contributed by atoms with van der Waals surface area (Å²) in [5, 5.41) is 8.55. The van der Waals surface area contributed by atoms with Crippen molar-refractivity contribution in [3.8, 4) is 44.5 Å². The minimum atomic E-state index is -0.331. The van der Waals surface area contributed by atoms with Crippen LogP contribution < -0.4 is 9.80 Å². The fourth-order valence-electron chi connectivity index (χ4n) is 11.9. The van der Waals surface area contributed by atoms with Crippen molar-refractivity contribution in [2.45, 2.75) is 0 Å². The molecule has 0 aliphatic heterocycles. The fraction of sp³-hybridized carbons (Fsp3) is 0. The van der Waals surface area contributed by atoms with Crippen LogP contribution >= 0.6 is 0 Å². The molecule has 0 unspecified atom stereocenters. The third-order valence-corrected chi connectivity index (χ3v) is 15.5. The number of para-hydroxylation sites is 4. The summed E-state index contributed by atoms with van der Waals surface area (Å²) in [6.07, 6.45) is 0. The average Bonchev–Trinajstić information content (AvgIpc) is 4.17. The summed E-state index contributed by atoms with van der Waals surface area (Å²) in [6.45, 7) is 0. The van der Waals surface area contributed by atoms with E-state index < -0.39 is 0 Å². The van der Waals surface area contributed by atoms with Crippen molar-refractivity contribution in [2.75, 3.05) is 9.80 Å². The number of furan rings is 2. The monoisotopic (exact) mass is 1010 g/mol. The van der Waals surface area contributed by atoms with E-state index in [-0.39, 0.29) is 5.82 Å². The molecule has 0 saturated heterocycles. The molecule has 5 heteroatoms. The van der Waals surface area contributed by atoms with Gasteiger partial charge in [0, 0.05) is 55.5 Å². The summed E-state index contributed by atoms with van der Waals surface area (Å²) in [5.41, 5.74) is 16.1. The summed E-state index contributed by atoms with van der Waals surface area (Å²) in [6, 6.07) is 98.1. The van der Waals surface area contributed by atoms with Gasteiger partial charge in [0.05, 0.1) is 22.7 Å². The van der Waals surface area contributed by atoms with Crippen LogP contribution in [-0.4, -0.2) is 0 Å². The summed E-state index contributed by atoms with van der Waals surface area (Å²) in [4.78, 5) is 4.35. The average molecular weight is 1020 g/mol. The Bertz CT molecular complexity index is 4780. The normalized spacial score (nSPS) is 11.6. The molecule has 15 aromatic rings. The molecule has 0 fully saturated rings. The zero-order chi connectivity index (χ0) is 52.4. The first kappa shape index (κ1) is 45.9. The van der Waals surface area contributed by atoms with Crippen LogP contribution in [0.15, 0.2) is 294 Å². The van der Waals surface area contributed by atoms with Gasteiger partial charge in [0.25, 0.3) is 0 Å².